The number of benzene rings is 2. The first-order valence-corrected chi connectivity index (χ1v) is 7.58. The lowest BCUT2D eigenvalue weighted by Crippen LogP contribution is -2.22. The molecule has 122 valence electrons. The summed E-state index contributed by atoms with van der Waals surface area (Å²) in [6.45, 7) is 2.03. The van der Waals surface area contributed by atoms with E-state index in [4.69, 9.17) is 28.0 Å². The van der Waals surface area contributed by atoms with Crippen molar-refractivity contribution in [1.82, 2.24) is 0 Å². The summed E-state index contributed by atoms with van der Waals surface area (Å²) in [6, 6.07) is 17.0. The van der Waals surface area contributed by atoms with Gasteiger partial charge in [0.2, 0.25) is 5.71 Å². The second kappa shape index (κ2) is 7.99. The Morgan fingerprint density at radius 3 is 2.58 bits per heavy atom. The molecule has 0 radical (unpaired) electrons. The van der Waals surface area contributed by atoms with E-state index in [-0.39, 0.29) is 11.8 Å². The summed E-state index contributed by atoms with van der Waals surface area (Å²) >= 11 is 6.03. The highest BCUT2D eigenvalue weighted by Crippen LogP contribution is 2.29. The summed E-state index contributed by atoms with van der Waals surface area (Å²) in [7, 11) is 0. The van der Waals surface area contributed by atoms with Gasteiger partial charge in [0.1, 0.15) is 6.07 Å². The van der Waals surface area contributed by atoms with Crippen LogP contribution in [0.5, 0.6) is 0 Å². The molecule has 0 fully saturated rings. The average Bonchev–Trinajstić information content (AvgIpc) is 2.58. The van der Waals surface area contributed by atoms with E-state index in [0.717, 1.165) is 11.3 Å². The molecule has 7 heteroatoms. The third-order valence-corrected chi connectivity index (χ3v) is 3.54. The van der Waals surface area contributed by atoms with Gasteiger partial charge in [-0.1, -0.05) is 41.9 Å². The van der Waals surface area contributed by atoms with Crippen molar-refractivity contribution in [2.75, 3.05) is 10.7 Å². The largest absolute Gasteiger partial charge is 0.382 e. The molecular weight excluding hydrogens is 324 g/mol. The van der Waals surface area contributed by atoms with Crippen LogP contribution in [0.1, 0.15) is 18.5 Å². The number of rotatable bonds is 6. The van der Waals surface area contributed by atoms with E-state index in [1.165, 1.54) is 0 Å². The van der Waals surface area contributed by atoms with Crippen molar-refractivity contribution in [3.63, 3.8) is 0 Å². The Labute approximate surface area is 145 Å². The van der Waals surface area contributed by atoms with E-state index in [2.05, 4.69) is 15.8 Å². The minimum atomic E-state index is -0.404. The van der Waals surface area contributed by atoms with Crippen molar-refractivity contribution in [3.8, 4) is 6.07 Å². The summed E-state index contributed by atoms with van der Waals surface area (Å²) in [6.07, 6.45) is 0. The average molecular weight is 341 g/mol. The van der Waals surface area contributed by atoms with Crippen LogP contribution in [0.3, 0.4) is 0 Å². The fourth-order valence-electron chi connectivity index (χ4n) is 2.05. The Kier molecular flexibility index (Phi) is 5.77. The fourth-order valence-corrected chi connectivity index (χ4v) is 2.23. The second-order valence-corrected chi connectivity index (χ2v) is 5.50. The van der Waals surface area contributed by atoms with E-state index in [9.17, 15) is 0 Å². The Hall–Kier alpha value is -3.04. The summed E-state index contributed by atoms with van der Waals surface area (Å²) in [5, 5.41) is 23.9. The first-order valence-electron chi connectivity index (χ1n) is 7.20. The van der Waals surface area contributed by atoms with E-state index >= 15 is 0 Å². The number of halogens is 1. The summed E-state index contributed by atoms with van der Waals surface area (Å²) in [5.74, 6) is -0.404. The predicted molar refractivity (Wildman–Crippen MR) is 98.5 cm³/mol. The van der Waals surface area contributed by atoms with Gasteiger partial charge in [0.15, 0.2) is 5.84 Å². The lowest BCUT2D eigenvalue weighted by molar-refractivity contribution is 0.885. The highest BCUT2D eigenvalue weighted by Gasteiger charge is 2.09. The molecule has 2 aromatic rings. The topological polar surface area (TPSA) is 110 Å². The van der Waals surface area contributed by atoms with Gasteiger partial charge in [-0.05, 0) is 30.7 Å². The molecular formula is C17H17ClN6. The van der Waals surface area contributed by atoms with Crippen molar-refractivity contribution in [3.05, 3.63) is 59.1 Å². The normalized spacial score (nSPS) is 12.1. The molecule has 0 spiro atoms. The number of hydrogen-bond donors (Lipinski definition) is 4. The van der Waals surface area contributed by atoms with Crippen molar-refractivity contribution in [1.29, 1.82) is 10.7 Å². The van der Waals surface area contributed by atoms with Crippen LogP contribution >= 0.6 is 11.6 Å². The van der Waals surface area contributed by atoms with Crippen LogP contribution in [0.4, 0.5) is 11.4 Å². The number of hydrogen-bond acceptors (Lipinski definition) is 5. The van der Waals surface area contributed by atoms with Crippen LogP contribution in [0.2, 0.25) is 5.02 Å². The first-order chi connectivity index (χ1) is 11.5. The number of nitriles is 1. The highest BCUT2D eigenvalue weighted by atomic mass is 35.5. The minimum absolute atomic E-state index is 0.0557. The molecule has 0 saturated heterocycles. The molecule has 24 heavy (non-hydrogen) atoms. The Bertz CT molecular complexity index is 794. The van der Waals surface area contributed by atoms with Crippen LogP contribution in [-0.4, -0.2) is 11.5 Å². The van der Waals surface area contributed by atoms with Crippen LogP contribution in [0.25, 0.3) is 0 Å². The number of anilines is 2. The second-order valence-electron chi connectivity index (χ2n) is 5.06. The van der Waals surface area contributed by atoms with Gasteiger partial charge in [0.05, 0.1) is 11.4 Å². The smallest absolute Gasteiger partial charge is 0.201 e. The molecule has 0 aliphatic heterocycles. The molecule has 0 heterocycles. The minimum Gasteiger partial charge on any atom is -0.382 e. The lowest BCUT2D eigenvalue weighted by atomic mass is 10.1. The summed E-state index contributed by atoms with van der Waals surface area (Å²) in [4.78, 5) is 0. The SMILES string of the molecule is CC(Nc1ccc(Cl)cc1N/N=C(\C#N)C(=N)N)c1ccccc1. The lowest BCUT2D eigenvalue weighted by Gasteiger charge is -2.18. The molecule has 6 nitrogen and oxygen atoms in total. The summed E-state index contributed by atoms with van der Waals surface area (Å²) in [5.41, 5.74) is 10.3. The molecule has 0 saturated carbocycles. The van der Waals surface area contributed by atoms with Crippen LogP contribution in [-0.2, 0) is 0 Å². The molecule has 2 aromatic carbocycles. The molecule has 0 amide bonds. The van der Waals surface area contributed by atoms with Gasteiger partial charge in [-0.25, -0.2) is 0 Å². The maximum Gasteiger partial charge on any atom is 0.201 e. The molecule has 0 aromatic heterocycles. The zero-order valence-corrected chi connectivity index (χ0v) is 13.8. The number of amidine groups is 1. The summed E-state index contributed by atoms with van der Waals surface area (Å²) < 4.78 is 0. The quantitative estimate of drug-likeness (QED) is 0.364. The molecule has 0 aliphatic rings. The van der Waals surface area contributed by atoms with Gasteiger partial charge in [0.25, 0.3) is 0 Å². The van der Waals surface area contributed by atoms with Crippen LogP contribution in [0, 0.1) is 16.7 Å². The maximum atomic E-state index is 8.91. The van der Waals surface area contributed by atoms with Crippen molar-refractivity contribution >= 4 is 34.5 Å². The highest BCUT2D eigenvalue weighted by molar-refractivity contribution is 6.45. The predicted octanol–water partition coefficient (Wildman–Crippen LogP) is 3.74. The van der Waals surface area contributed by atoms with E-state index < -0.39 is 5.84 Å². The molecule has 2 rings (SSSR count). The van der Waals surface area contributed by atoms with Gasteiger partial charge in [-0.15, -0.1) is 0 Å². The standard InChI is InChI=1S/C17H17ClN6/c1-11(12-5-3-2-4-6-12)22-14-8-7-13(18)9-15(14)23-24-16(10-19)17(20)21/h2-9,11,22-23H,1H3,(H3,20,21)/b24-16+. The molecule has 5 N–H and O–H groups in total. The number of nitrogens with zero attached hydrogens (tertiary/aromatic N) is 2. The zero-order chi connectivity index (χ0) is 17.5. The molecule has 0 bridgehead atoms. The van der Waals surface area contributed by atoms with Crippen molar-refractivity contribution in [2.24, 2.45) is 10.8 Å². The number of nitrogens with two attached hydrogens (primary N) is 1. The van der Waals surface area contributed by atoms with Gasteiger partial charge in [0, 0.05) is 11.1 Å². The third-order valence-electron chi connectivity index (χ3n) is 3.30. The van der Waals surface area contributed by atoms with Gasteiger partial charge in [-0.2, -0.15) is 10.4 Å². The fraction of sp³-hybridized carbons (Fsp3) is 0.118. The van der Waals surface area contributed by atoms with E-state index in [1.807, 2.05) is 43.3 Å². The first kappa shape index (κ1) is 17.3. The van der Waals surface area contributed by atoms with Gasteiger partial charge >= 0.3 is 0 Å². The maximum absolute atomic E-state index is 8.91. The number of nitrogens with one attached hydrogen (secondary N) is 3. The Balaban J connectivity index is 2.25. The molecule has 1 unspecified atom stereocenters. The molecule has 1 atom stereocenters. The van der Waals surface area contributed by atoms with Crippen LogP contribution < -0.4 is 16.5 Å². The Morgan fingerprint density at radius 1 is 1.25 bits per heavy atom. The number of hydrazone groups is 1. The van der Waals surface area contributed by atoms with E-state index in [0.29, 0.717) is 10.7 Å². The third kappa shape index (κ3) is 4.48. The monoisotopic (exact) mass is 340 g/mol. The van der Waals surface area contributed by atoms with E-state index in [1.54, 1.807) is 18.2 Å². The van der Waals surface area contributed by atoms with Gasteiger partial charge < -0.3 is 11.1 Å². The van der Waals surface area contributed by atoms with Gasteiger partial charge in [-0.3, -0.25) is 10.8 Å². The molecule has 0 aliphatic carbocycles. The Morgan fingerprint density at radius 2 is 1.96 bits per heavy atom. The van der Waals surface area contributed by atoms with Crippen LogP contribution in [0.15, 0.2) is 53.6 Å². The van der Waals surface area contributed by atoms with Crippen molar-refractivity contribution < 1.29 is 0 Å². The van der Waals surface area contributed by atoms with Crippen molar-refractivity contribution in [2.45, 2.75) is 13.0 Å². The zero-order valence-electron chi connectivity index (χ0n) is 13.0.